The summed E-state index contributed by atoms with van der Waals surface area (Å²) in [6.07, 6.45) is 1.34. The predicted octanol–water partition coefficient (Wildman–Crippen LogP) is 2.73. The highest BCUT2D eigenvalue weighted by Crippen LogP contribution is 2.26. The molecule has 0 aromatic carbocycles. The molecule has 0 aliphatic carbocycles. The van der Waals surface area contributed by atoms with Crippen LogP contribution in [0.2, 0.25) is 0 Å². The van der Waals surface area contributed by atoms with Crippen molar-refractivity contribution in [3.8, 4) is 0 Å². The van der Waals surface area contributed by atoms with Crippen molar-refractivity contribution in [1.82, 2.24) is 19.5 Å². The van der Waals surface area contributed by atoms with Crippen molar-refractivity contribution in [3.63, 3.8) is 0 Å². The second-order valence-corrected chi connectivity index (χ2v) is 6.81. The van der Waals surface area contributed by atoms with Gasteiger partial charge in [-0.1, -0.05) is 0 Å². The third kappa shape index (κ3) is 4.36. The van der Waals surface area contributed by atoms with Gasteiger partial charge in [-0.05, 0) is 34.7 Å². The molecule has 1 aliphatic rings. The molecule has 1 saturated heterocycles. The molecule has 3 heterocycles. The Kier molecular flexibility index (Phi) is 5.07. The molecule has 0 amide bonds. The van der Waals surface area contributed by atoms with Gasteiger partial charge >= 0.3 is 6.18 Å². The topological polar surface area (TPSA) is 63.9 Å². The van der Waals surface area contributed by atoms with Gasteiger partial charge in [0.05, 0.1) is 10.8 Å². The van der Waals surface area contributed by atoms with Gasteiger partial charge in [0.1, 0.15) is 0 Å². The first-order valence-corrected chi connectivity index (χ1v) is 8.48. The number of halogens is 4. The lowest BCUT2D eigenvalue weighted by molar-refractivity contribution is -0.141. The van der Waals surface area contributed by atoms with Crippen LogP contribution in [0.15, 0.2) is 34.1 Å². The molecule has 1 aliphatic heterocycles. The molecule has 1 fully saturated rings. The second kappa shape index (κ2) is 7.11. The zero-order valence-corrected chi connectivity index (χ0v) is 14.7. The molecule has 2 aromatic heterocycles. The van der Waals surface area contributed by atoms with E-state index in [1.165, 1.54) is 4.57 Å². The highest BCUT2D eigenvalue weighted by molar-refractivity contribution is 9.10. The number of rotatable bonds is 3. The Morgan fingerprint density at radius 1 is 1.16 bits per heavy atom. The smallest absolute Gasteiger partial charge is 0.341 e. The van der Waals surface area contributed by atoms with Gasteiger partial charge in [0.15, 0.2) is 5.69 Å². The van der Waals surface area contributed by atoms with Crippen molar-refractivity contribution in [2.24, 2.45) is 5.92 Å². The predicted molar refractivity (Wildman–Crippen MR) is 88.2 cm³/mol. The first-order valence-electron chi connectivity index (χ1n) is 7.69. The number of nitrogens with zero attached hydrogens (tertiary/aromatic N) is 5. The minimum atomic E-state index is -4.60. The van der Waals surface area contributed by atoms with E-state index < -0.39 is 17.4 Å². The Labute approximate surface area is 149 Å². The third-order valence-corrected chi connectivity index (χ3v) is 4.54. The SMILES string of the molecule is O=c1cc(C(F)(F)F)ncn1CC1CCN(c2ncc(Br)cn2)CC1. The molecule has 2 aromatic rings. The first kappa shape index (κ1) is 17.8. The standard InChI is InChI=1S/C15H15BrF3N5O/c16-11-6-20-14(21-7-11)23-3-1-10(2-4-23)8-24-9-22-12(5-13(24)25)15(17,18)19/h5-7,9-10H,1-4,8H2. The van der Waals surface area contributed by atoms with Crippen LogP contribution in [0, 0.1) is 5.92 Å². The van der Waals surface area contributed by atoms with E-state index in [2.05, 4.69) is 35.8 Å². The van der Waals surface area contributed by atoms with Gasteiger partial charge in [-0.3, -0.25) is 9.36 Å². The monoisotopic (exact) mass is 417 g/mol. The zero-order chi connectivity index (χ0) is 18.0. The van der Waals surface area contributed by atoms with Crippen LogP contribution in [0.5, 0.6) is 0 Å². The van der Waals surface area contributed by atoms with E-state index in [0.717, 1.165) is 36.7 Å². The molecule has 0 N–H and O–H groups in total. The summed E-state index contributed by atoms with van der Waals surface area (Å²) in [6, 6.07) is 0.546. The van der Waals surface area contributed by atoms with Crippen LogP contribution >= 0.6 is 15.9 Å². The molecule has 10 heteroatoms. The zero-order valence-electron chi connectivity index (χ0n) is 13.1. The van der Waals surface area contributed by atoms with Gasteiger partial charge in [0.2, 0.25) is 5.95 Å². The Morgan fingerprint density at radius 3 is 2.36 bits per heavy atom. The molecular formula is C15H15BrF3N5O. The van der Waals surface area contributed by atoms with Gasteiger partial charge in [0, 0.05) is 38.1 Å². The minimum Gasteiger partial charge on any atom is -0.341 e. The number of anilines is 1. The molecule has 0 unspecified atom stereocenters. The normalized spacial score (nSPS) is 16.2. The van der Waals surface area contributed by atoms with Gasteiger partial charge in [-0.25, -0.2) is 15.0 Å². The molecule has 0 spiro atoms. The molecule has 25 heavy (non-hydrogen) atoms. The summed E-state index contributed by atoms with van der Waals surface area (Å²) in [5, 5.41) is 0. The molecule has 0 radical (unpaired) electrons. The van der Waals surface area contributed by atoms with Crippen LogP contribution in [0.1, 0.15) is 18.5 Å². The highest BCUT2D eigenvalue weighted by Gasteiger charge is 2.33. The highest BCUT2D eigenvalue weighted by atomic mass is 79.9. The van der Waals surface area contributed by atoms with E-state index in [-0.39, 0.29) is 5.92 Å². The summed E-state index contributed by atoms with van der Waals surface area (Å²) in [4.78, 5) is 25.8. The van der Waals surface area contributed by atoms with Crippen molar-refractivity contribution >= 4 is 21.9 Å². The molecular weight excluding hydrogens is 403 g/mol. The maximum absolute atomic E-state index is 12.6. The molecule has 6 nitrogen and oxygen atoms in total. The van der Waals surface area contributed by atoms with E-state index in [1.54, 1.807) is 12.4 Å². The maximum Gasteiger partial charge on any atom is 0.433 e. The molecule has 0 bridgehead atoms. The fourth-order valence-corrected chi connectivity index (χ4v) is 2.99. The average molecular weight is 418 g/mol. The third-order valence-electron chi connectivity index (χ3n) is 4.13. The molecule has 0 atom stereocenters. The van der Waals surface area contributed by atoms with Crippen molar-refractivity contribution < 1.29 is 13.2 Å². The maximum atomic E-state index is 12.6. The quantitative estimate of drug-likeness (QED) is 0.767. The number of alkyl halides is 3. The first-order chi connectivity index (χ1) is 11.8. The van der Waals surface area contributed by atoms with E-state index in [0.29, 0.717) is 18.6 Å². The second-order valence-electron chi connectivity index (χ2n) is 5.89. The van der Waals surface area contributed by atoms with E-state index >= 15 is 0 Å². The van der Waals surface area contributed by atoms with Crippen molar-refractivity contribution in [2.45, 2.75) is 25.6 Å². The molecule has 0 saturated carbocycles. The van der Waals surface area contributed by atoms with Crippen LogP contribution in [-0.4, -0.2) is 32.6 Å². The Balaban J connectivity index is 1.61. The summed E-state index contributed by atoms with van der Waals surface area (Å²) >= 11 is 3.29. The number of piperidine rings is 1. The Hall–Kier alpha value is -1.97. The molecule has 134 valence electrons. The summed E-state index contributed by atoms with van der Waals surface area (Å²) in [5.74, 6) is 0.845. The fraction of sp³-hybridized carbons (Fsp3) is 0.467. The fourth-order valence-electron chi connectivity index (χ4n) is 2.78. The van der Waals surface area contributed by atoms with Crippen molar-refractivity contribution in [2.75, 3.05) is 18.0 Å². The van der Waals surface area contributed by atoms with Crippen molar-refractivity contribution in [1.29, 1.82) is 0 Å². The van der Waals surface area contributed by atoms with Gasteiger partial charge in [-0.2, -0.15) is 13.2 Å². The summed E-state index contributed by atoms with van der Waals surface area (Å²) in [7, 11) is 0. The molecule has 3 rings (SSSR count). The van der Waals surface area contributed by atoms with Crippen LogP contribution in [-0.2, 0) is 12.7 Å². The van der Waals surface area contributed by atoms with Gasteiger partial charge < -0.3 is 4.90 Å². The van der Waals surface area contributed by atoms with Crippen LogP contribution in [0.25, 0.3) is 0 Å². The van der Waals surface area contributed by atoms with E-state index in [4.69, 9.17) is 0 Å². The number of aromatic nitrogens is 4. The van der Waals surface area contributed by atoms with Gasteiger partial charge in [0.25, 0.3) is 5.56 Å². The summed E-state index contributed by atoms with van der Waals surface area (Å²) < 4.78 is 39.7. The summed E-state index contributed by atoms with van der Waals surface area (Å²) in [5.41, 5.74) is -1.84. The number of hydrogen-bond donors (Lipinski definition) is 0. The van der Waals surface area contributed by atoms with Crippen molar-refractivity contribution in [3.05, 3.63) is 45.3 Å². The average Bonchev–Trinajstić information content (AvgIpc) is 2.57. The Morgan fingerprint density at radius 2 is 1.80 bits per heavy atom. The lowest BCUT2D eigenvalue weighted by Gasteiger charge is -2.32. The largest absolute Gasteiger partial charge is 0.433 e. The van der Waals surface area contributed by atoms with Gasteiger partial charge in [-0.15, -0.1) is 0 Å². The van der Waals surface area contributed by atoms with E-state index in [1.807, 2.05) is 0 Å². The van der Waals surface area contributed by atoms with Crippen LogP contribution < -0.4 is 10.5 Å². The summed E-state index contributed by atoms with van der Waals surface area (Å²) in [6.45, 7) is 1.82. The van der Waals surface area contributed by atoms with Crippen LogP contribution in [0.3, 0.4) is 0 Å². The lowest BCUT2D eigenvalue weighted by atomic mass is 9.97. The van der Waals surface area contributed by atoms with E-state index in [9.17, 15) is 18.0 Å². The van der Waals surface area contributed by atoms with Crippen LogP contribution in [0.4, 0.5) is 19.1 Å². The minimum absolute atomic E-state index is 0.197. The Bertz CT molecular complexity index is 785. The number of hydrogen-bond acceptors (Lipinski definition) is 5. The lowest BCUT2D eigenvalue weighted by Crippen LogP contribution is -2.37.